The smallest absolute Gasteiger partial charge is 0.591 e. The van der Waals surface area contributed by atoms with Gasteiger partial charge in [-0.2, -0.15) is 0 Å². The summed E-state index contributed by atoms with van der Waals surface area (Å²) in [5.41, 5.74) is 0. The van der Waals surface area contributed by atoms with Crippen molar-refractivity contribution >= 4 is 13.3 Å². The molecule has 0 radical (unpaired) electrons. The average molecular weight is 193 g/mol. The molecule has 58 valence electrons. The first kappa shape index (κ1) is 12.1. The Kier molecular flexibility index (Phi) is 5.72. The van der Waals surface area contributed by atoms with Crippen molar-refractivity contribution in [2.75, 3.05) is 7.11 Å². The van der Waals surface area contributed by atoms with Gasteiger partial charge in [0.25, 0.3) is 0 Å². The Hall–Kier alpha value is 0.0800. The molecule has 1 aromatic rings. The Morgan fingerprint density at radius 1 is 1.33 bits per heavy atom. The van der Waals surface area contributed by atoms with Crippen molar-refractivity contribution in [3.05, 3.63) is 24.3 Å². The molecule has 1 unspecified atom stereocenters. The molecule has 5 heteroatoms. The summed E-state index contributed by atoms with van der Waals surface area (Å²) in [6.45, 7) is 0. The second-order valence-corrected chi connectivity index (χ2v) is 2.99. The number of methoxy groups -OCH3 is 1. The number of benzene rings is 1. The Morgan fingerprint density at radius 2 is 1.83 bits per heavy atom. The largest absolute Gasteiger partial charge is 1.00 e. The predicted octanol–water partition coefficient (Wildman–Crippen LogP) is -2.57. The van der Waals surface area contributed by atoms with Gasteiger partial charge in [0, 0.05) is 0 Å². The van der Waals surface area contributed by atoms with Crippen LogP contribution in [0.25, 0.3) is 0 Å². The van der Waals surface area contributed by atoms with Crippen molar-refractivity contribution in [1.29, 1.82) is 0 Å². The van der Waals surface area contributed by atoms with Gasteiger partial charge in [-0.1, -0.05) is 4.57 Å². The molecule has 3 nitrogen and oxygen atoms in total. The van der Waals surface area contributed by atoms with Gasteiger partial charge in [-0.3, -0.25) is 0 Å². The summed E-state index contributed by atoms with van der Waals surface area (Å²) in [4.78, 5) is 10.4. The maximum absolute atomic E-state index is 10.4. The zero-order valence-electron chi connectivity index (χ0n) is 6.98. The van der Waals surface area contributed by atoms with Crippen molar-refractivity contribution in [3.63, 3.8) is 0 Å². The molecule has 0 fully saturated rings. The summed E-state index contributed by atoms with van der Waals surface area (Å²) < 4.78 is 15.2. The second kappa shape index (κ2) is 5.68. The van der Waals surface area contributed by atoms with Gasteiger partial charge in [0.15, 0.2) is 5.30 Å². The first-order chi connectivity index (χ1) is 5.24. The summed E-state index contributed by atoms with van der Waals surface area (Å²) in [5.74, 6) is 0.658. The van der Waals surface area contributed by atoms with Gasteiger partial charge < -0.3 is 9.63 Å². The monoisotopic (exact) mass is 193 g/mol. The summed E-state index contributed by atoms with van der Waals surface area (Å²) in [6, 6.07) is 6.23. The molecular formula is C7H7NaO3P+. The minimum Gasteiger partial charge on any atom is -0.591 e. The van der Waals surface area contributed by atoms with Gasteiger partial charge >= 0.3 is 37.6 Å². The van der Waals surface area contributed by atoms with E-state index in [0.717, 1.165) is 0 Å². The van der Waals surface area contributed by atoms with Crippen LogP contribution in [-0.4, -0.2) is 7.11 Å². The Morgan fingerprint density at radius 3 is 2.17 bits per heavy atom. The van der Waals surface area contributed by atoms with Crippen molar-refractivity contribution in [2.24, 2.45) is 0 Å². The third-order valence-electron chi connectivity index (χ3n) is 1.28. The van der Waals surface area contributed by atoms with Crippen LogP contribution < -0.4 is 44.5 Å². The molecule has 1 atom stereocenters. The van der Waals surface area contributed by atoms with Crippen molar-refractivity contribution in [3.8, 4) is 5.75 Å². The van der Waals surface area contributed by atoms with Crippen LogP contribution in [0.2, 0.25) is 0 Å². The van der Waals surface area contributed by atoms with Gasteiger partial charge in [0.1, 0.15) is 5.75 Å². The van der Waals surface area contributed by atoms with Crippen LogP contribution in [0.4, 0.5) is 0 Å². The molecule has 12 heavy (non-hydrogen) atoms. The average Bonchev–Trinajstić information content (AvgIpc) is 2.05. The normalized spacial score (nSPS) is 10.0. The van der Waals surface area contributed by atoms with Crippen LogP contribution in [0.15, 0.2) is 24.3 Å². The summed E-state index contributed by atoms with van der Waals surface area (Å²) in [5, 5.41) is 0.306. The van der Waals surface area contributed by atoms with E-state index in [4.69, 9.17) is 4.74 Å². The van der Waals surface area contributed by atoms with Gasteiger partial charge in [0.2, 0.25) is 0 Å². The number of ether oxygens (including phenoxy) is 1. The fraction of sp³-hybridized carbons (Fsp3) is 0.143. The second-order valence-electron chi connectivity index (χ2n) is 1.96. The Balaban J connectivity index is 0.00000121. The minimum absolute atomic E-state index is 0. The fourth-order valence-electron chi connectivity index (χ4n) is 0.704. The molecule has 0 aliphatic carbocycles. The van der Waals surface area contributed by atoms with Crippen LogP contribution in [0.3, 0.4) is 0 Å². The predicted molar refractivity (Wildman–Crippen MR) is 40.2 cm³/mol. The summed E-state index contributed by atoms with van der Waals surface area (Å²) >= 11 is 0. The molecular weight excluding hydrogens is 186 g/mol. The zero-order chi connectivity index (χ0) is 8.27. The molecule has 0 bridgehead atoms. The maximum Gasteiger partial charge on any atom is 1.00 e. The van der Waals surface area contributed by atoms with E-state index in [9.17, 15) is 9.46 Å². The van der Waals surface area contributed by atoms with E-state index in [1.807, 2.05) is 0 Å². The molecule has 0 saturated heterocycles. The maximum atomic E-state index is 10.4. The fourth-order valence-corrected chi connectivity index (χ4v) is 1.10. The summed E-state index contributed by atoms with van der Waals surface area (Å²) in [6.07, 6.45) is 0. The van der Waals surface area contributed by atoms with E-state index in [2.05, 4.69) is 0 Å². The van der Waals surface area contributed by atoms with E-state index in [0.29, 0.717) is 11.1 Å². The Bertz CT molecular complexity index is 260. The first-order valence-electron chi connectivity index (χ1n) is 3.02. The molecule has 0 spiro atoms. The van der Waals surface area contributed by atoms with Gasteiger partial charge in [-0.25, -0.2) is 0 Å². The van der Waals surface area contributed by atoms with Crippen LogP contribution in [-0.2, 0) is 4.57 Å². The van der Waals surface area contributed by atoms with E-state index in [1.165, 1.54) is 19.2 Å². The molecule has 0 saturated carbocycles. The van der Waals surface area contributed by atoms with E-state index < -0.39 is 8.03 Å². The topological polar surface area (TPSA) is 49.4 Å². The van der Waals surface area contributed by atoms with E-state index in [1.54, 1.807) is 12.1 Å². The molecule has 1 aromatic carbocycles. The third-order valence-corrected chi connectivity index (χ3v) is 2.00. The SMILES string of the molecule is COc1ccc([P+](=O)[O-])cc1.[Na+]. The van der Waals surface area contributed by atoms with Crippen molar-refractivity contribution in [2.45, 2.75) is 0 Å². The molecule has 0 amide bonds. The van der Waals surface area contributed by atoms with E-state index >= 15 is 0 Å². The van der Waals surface area contributed by atoms with Crippen molar-refractivity contribution in [1.82, 2.24) is 0 Å². The van der Waals surface area contributed by atoms with Crippen LogP contribution in [0.5, 0.6) is 5.75 Å². The first-order valence-corrected chi connectivity index (χ1v) is 4.20. The van der Waals surface area contributed by atoms with Crippen LogP contribution in [0, 0.1) is 0 Å². The molecule has 0 N–H and O–H groups in total. The van der Waals surface area contributed by atoms with Gasteiger partial charge in [0.05, 0.1) is 7.11 Å². The quantitative estimate of drug-likeness (QED) is 0.383. The molecule has 0 heterocycles. The molecule has 0 aromatic heterocycles. The van der Waals surface area contributed by atoms with Crippen LogP contribution in [0.1, 0.15) is 0 Å². The molecule has 1 rings (SSSR count). The number of rotatable bonds is 2. The van der Waals surface area contributed by atoms with E-state index in [-0.39, 0.29) is 29.6 Å². The van der Waals surface area contributed by atoms with Crippen molar-refractivity contribution < 1.29 is 43.8 Å². The number of hydrogen-bond acceptors (Lipinski definition) is 3. The van der Waals surface area contributed by atoms with Gasteiger partial charge in [-0.05, 0) is 24.3 Å². The third kappa shape index (κ3) is 3.21. The number of hydrogen-bond donors (Lipinski definition) is 0. The Labute approximate surface area is 93.9 Å². The molecule has 0 aliphatic heterocycles. The summed E-state index contributed by atoms with van der Waals surface area (Å²) in [7, 11) is -0.935. The van der Waals surface area contributed by atoms with Gasteiger partial charge in [-0.15, -0.1) is 0 Å². The standard InChI is InChI=1S/C7H7O3P.Na/c1-10-6-2-4-7(5-3-6)11(8)9;/h2-5H,1H3;/q;+1. The zero-order valence-corrected chi connectivity index (χ0v) is 9.88. The molecule has 0 aliphatic rings. The minimum atomic E-state index is -2.47. The van der Waals surface area contributed by atoms with Crippen LogP contribution >= 0.6 is 8.03 Å².